The molecule has 128 valence electrons. The second kappa shape index (κ2) is 7.55. The summed E-state index contributed by atoms with van der Waals surface area (Å²) in [4.78, 5) is 14.6. The van der Waals surface area contributed by atoms with Crippen LogP contribution in [0, 0.1) is 11.7 Å². The molecule has 0 amide bonds. The summed E-state index contributed by atoms with van der Waals surface area (Å²) >= 11 is 3.24. The zero-order valence-corrected chi connectivity index (χ0v) is 14.6. The molecule has 2 aromatic rings. The second-order valence-electron chi connectivity index (χ2n) is 5.93. The lowest BCUT2D eigenvalue weighted by molar-refractivity contribution is 0.0608. The predicted octanol–water partition coefficient (Wildman–Crippen LogP) is 3.20. The van der Waals surface area contributed by atoms with Crippen molar-refractivity contribution in [3.63, 3.8) is 0 Å². The maximum atomic E-state index is 13.0. The Labute approximate surface area is 147 Å². The van der Waals surface area contributed by atoms with Gasteiger partial charge < -0.3 is 9.63 Å². The number of Topliss-reactive ketones (excluding diaryl/α,β-unsaturated/α-hetero) is 1. The Kier molecular flexibility index (Phi) is 5.43. The summed E-state index contributed by atoms with van der Waals surface area (Å²) in [6.07, 6.45) is 1.39. The monoisotopic (exact) mass is 396 g/mol. The molecule has 0 radical (unpaired) electrons. The Bertz CT molecular complexity index is 696. The van der Waals surface area contributed by atoms with Crippen molar-refractivity contribution in [2.24, 2.45) is 5.92 Å². The van der Waals surface area contributed by atoms with Gasteiger partial charge in [-0.15, -0.1) is 0 Å². The van der Waals surface area contributed by atoms with E-state index in [1.165, 1.54) is 24.3 Å². The smallest absolute Gasteiger partial charge is 0.166 e. The average Bonchev–Trinajstić information content (AvgIpc) is 3.02. The van der Waals surface area contributed by atoms with Gasteiger partial charge in [0.05, 0.1) is 12.6 Å². The van der Waals surface area contributed by atoms with E-state index in [0.29, 0.717) is 41.9 Å². The number of ketones is 1. The molecule has 1 aromatic heterocycles. The molecule has 1 fully saturated rings. The maximum Gasteiger partial charge on any atom is 0.166 e. The van der Waals surface area contributed by atoms with Crippen LogP contribution in [-0.4, -0.2) is 40.6 Å². The van der Waals surface area contributed by atoms with E-state index in [-0.39, 0.29) is 30.2 Å². The van der Waals surface area contributed by atoms with Crippen molar-refractivity contribution in [3.05, 3.63) is 52.1 Å². The van der Waals surface area contributed by atoms with E-state index in [0.717, 1.165) is 0 Å². The third-order valence-electron chi connectivity index (χ3n) is 4.47. The second-order valence-corrected chi connectivity index (χ2v) is 6.74. The van der Waals surface area contributed by atoms with E-state index in [1.807, 2.05) is 0 Å². The predicted molar refractivity (Wildman–Crippen MR) is 89.1 cm³/mol. The minimum absolute atomic E-state index is 0.0533. The Hall–Kier alpha value is -1.57. The van der Waals surface area contributed by atoms with Gasteiger partial charge in [0.1, 0.15) is 10.4 Å². The van der Waals surface area contributed by atoms with Crippen LogP contribution in [0.4, 0.5) is 4.39 Å². The summed E-state index contributed by atoms with van der Waals surface area (Å²) in [5.74, 6) is 0.239. The molecule has 1 atom stereocenters. The summed E-state index contributed by atoms with van der Waals surface area (Å²) in [6.45, 7) is 1.29. The first-order valence-corrected chi connectivity index (χ1v) is 8.64. The molecule has 0 saturated carbocycles. The van der Waals surface area contributed by atoms with Crippen LogP contribution >= 0.6 is 15.9 Å². The topological polar surface area (TPSA) is 66.6 Å². The summed E-state index contributed by atoms with van der Waals surface area (Å²) in [5, 5.41) is 13.5. The molecule has 0 aliphatic carbocycles. The number of nitrogens with zero attached hydrogens (tertiary/aromatic N) is 2. The molecule has 7 heteroatoms. The molecule has 1 aliphatic rings. The highest BCUT2D eigenvalue weighted by molar-refractivity contribution is 9.10. The molecule has 24 heavy (non-hydrogen) atoms. The van der Waals surface area contributed by atoms with Crippen molar-refractivity contribution in [3.8, 4) is 0 Å². The van der Waals surface area contributed by atoms with Gasteiger partial charge in [-0.25, -0.2) is 4.39 Å². The molecule has 0 bridgehead atoms. The Morgan fingerprint density at radius 2 is 2.04 bits per heavy atom. The van der Waals surface area contributed by atoms with Gasteiger partial charge in [0.25, 0.3) is 0 Å². The summed E-state index contributed by atoms with van der Waals surface area (Å²) in [7, 11) is 0. The average molecular weight is 397 g/mol. The third-order valence-corrected chi connectivity index (χ3v) is 4.84. The fourth-order valence-corrected chi connectivity index (χ4v) is 3.43. The number of aromatic nitrogens is 1. The van der Waals surface area contributed by atoms with E-state index in [9.17, 15) is 14.3 Å². The van der Waals surface area contributed by atoms with Gasteiger partial charge in [0.2, 0.25) is 0 Å². The molecular formula is C17H18BrFN2O3. The van der Waals surface area contributed by atoms with Gasteiger partial charge in [-0.05, 0) is 66.1 Å². The SMILES string of the molecule is O=C(c1ccc(F)cc1)C1CCN(C(CO)c2cc(Br)no2)CC1. The van der Waals surface area contributed by atoms with E-state index in [2.05, 4.69) is 26.0 Å². The number of benzene rings is 1. The minimum Gasteiger partial charge on any atom is -0.394 e. The van der Waals surface area contributed by atoms with Crippen LogP contribution in [0.1, 0.15) is 35.0 Å². The quantitative estimate of drug-likeness (QED) is 0.785. The number of likely N-dealkylation sites (tertiary alicyclic amines) is 1. The van der Waals surface area contributed by atoms with Crippen LogP contribution < -0.4 is 0 Å². The molecule has 1 unspecified atom stereocenters. The molecule has 1 aromatic carbocycles. The zero-order chi connectivity index (χ0) is 17.1. The van der Waals surface area contributed by atoms with Gasteiger partial charge in [-0.1, -0.05) is 5.16 Å². The summed E-state index contributed by atoms with van der Waals surface area (Å²) < 4.78 is 18.8. The first-order chi connectivity index (χ1) is 11.6. The first kappa shape index (κ1) is 17.3. The molecule has 5 nitrogen and oxygen atoms in total. The molecule has 1 saturated heterocycles. The number of hydrogen-bond acceptors (Lipinski definition) is 5. The number of aliphatic hydroxyl groups excluding tert-OH is 1. The maximum absolute atomic E-state index is 13.0. The van der Waals surface area contributed by atoms with Crippen LogP contribution in [-0.2, 0) is 0 Å². The number of halogens is 2. The number of carbonyl (C=O) groups is 1. The van der Waals surface area contributed by atoms with E-state index in [1.54, 1.807) is 6.07 Å². The molecule has 3 rings (SSSR count). The molecule has 1 N–H and O–H groups in total. The number of carbonyl (C=O) groups excluding carboxylic acids is 1. The van der Waals surface area contributed by atoms with Gasteiger partial charge in [-0.3, -0.25) is 9.69 Å². The van der Waals surface area contributed by atoms with E-state index < -0.39 is 0 Å². The lowest BCUT2D eigenvalue weighted by atomic mass is 9.88. The molecule has 2 heterocycles. The van der Waals surface area contributed by atoms with Crippen molar-refractivity contribution in [2.75, 3.05) is 19.7 Å². The third kappa shape index (κ3) is 3.74. The van der Waals surface area contributed by atoms with Crippen molar-refractivity contribution in [1.29, 1.82) is 0 Å². The first-order valence-electron chi connectivity index (χ1n) is 7.85. The highest BCUT2D eigenvalue weighted by Gasteiger charge is 2.31. The van der Waals surface area contributed by atoms with Crippen LogP contribution in [0.2, 0.25) is 0 Å². The normalized spacial score (nSPS) is 17.8. The highest BCUT2D eigenvalue weighted by Crippen LogP contribution is 2.29. The Balaban J connectivity index is 1.62. The van der Waals surface area contributed by atoms with Crippen molar-refractivity contribution in [2.45, 2.75) is 18.9 Å². The van der Waals surface area contributed by atoms with Gasteiger partial charge >= 0.3 is 0 Å². The molecular weight excluding hydrogens is 379 g/mol. The molecule has 0 spiro atoms. The van der Waals surface area contributed by atoms with Gasteiger partial charge in [0.15, 0.2) is 11.5 Å². The highest BCUT2D eigenvalue weighted by atomic mass is 79.9. The fraction of sp³-hybridized carbons (Fsp3) is 0.412. The van der Waals surface area contributed by atoms with Gasteiger partial charge in [-0.2, -0.15) is 0 Å². The number of hydrogen-bond donors (Lipinski definition) is 1. The lowest BCUT2D eigenvalue weighted by Crippen LogP contribution is -2.40. The summed E-state index contributed by atoms with van der Waals surface area (Å²) in [6, 6.07) is 7.18. The zero-order valence-electron chi connectivity index (χ0n) is 13.0. The number of aliphatic hydroxyl groups is 1. The molecule has 1 aliphatic heterocycles. The van der Waals surface area contributed by atoms with Gasteiger partial charge in [0, 0.05) is 17.5 Å². The number of rotatable bonds is 5. The fourth-order valence-electron chi connectivity index (χ4n) is 3.13. The van der Waals surface area contributed by atoms with E-state index >= 15 is 0 Å². The Morgan fingerprint density at radius 1 is 1.38 bits per heavy atom. The van der Waals surface area contributed by atoms with E-state index in [4.69, 9.17) is 4.52 Å². The summed E-state index contributed by atoms with van der Waals surface area (Å²) in [5.41, 5.74) is 0.549. The van der Waals surface area contributed by atoms with Crippen LogP contribution in [0.3, 0.4) is 0 Å². The van der Waals surface area contributed by atoms with Crippen molar-refractivity contribution in [1.82, 2.24) is 10.1 Å². The van der Waals surface area contributed by atoms with Crippen LogP contribution in [0.25, 0.3) is 0 Å². The van der Waals surface area contributed by atoms with Crippen molar-refractivity contribution < 1.29 is 18.8 Å². The van der Waals surface area contributed by atoms with Crippen molar-refractivity contribution >= 4 is 21.7 Å². The standard InChI is InChI=1S/C17H18BrFN2O3/c18-16-9-15(24-20-16)14(10-22)21-7-5-12(6-8-21)17(23)11-1-3-13(19)4-2-11/h1-4,9,12,14,22H,5-8,10H2. The minimum atomic E-state index is -0.342. The lowest BCUT2D eigenvalue weighted by Gasteiger charge is -2.35. The van der Waals surface area contributed by atoms with Crippen LogP contribution in [0.15, 0.2) is 39.5 Å². The Morgan fingerprint density at radius 3 is 2.58 bits per heavy atom. The largest absolute Gasteiger partial charge is 0.394 e. The number of piperidine rings is 1. The van der Waals surface area contributed by atoms with Crippen LogP contribution in [0.5, 0.6) is 0 Å².